The predicted molar refractivity (Wildman–Crippen MR) is 71.6 cm³/mol. The Morgan fingerprint density at radius 2 is 1.79 bits per heavy atom. The highest BCUT2D eigenvalue weighted by atomic mass is 16.5. The summed E-state index contributed by atoms with van der Waals surface area (Å²) in [6.45, 7) is 0.412. The van der Waals surface area contributed by atoms with Crippen molar-refractivity contribution in [3.05, 3.63) is 65.7 Å². The average Bonchev–Trinajstić information content (AvgIpc) is 2.48. The van der Waals surface area contributed by atoms with Gasteiger partial charge in [0.2, 0.25) is 0 Å². The molecule has 0 saturated carbocycles. The summed E-state index contributed by atoms with van der Waals surface area (Å²) in [6, 6.07) is 18.8. The Morgan fingerprint density at radius 3 is 2.47 bits per heavy atom. The molecule has 0 bridgehead atoms. The molecule has 1 atom stereocenters. The standard InChI is InChI=1S/C16H13NO2/c17-10-14(11-18)15-8-4-5-9-16(15)19-12-13-6-2-1-3-7-13/h1-9,11,14H,12H2. The van der Waals surface area contributed by atoms with Crippen LogP contribution in [0.4, 0.5) is 0 Å². The molecule has 2 aromatic rings. The molecule has 0 radical (unpaired) electrons. The van der Waals surface area contributed by atoms with Gasteiger partial charge >= 0.3 is 0 Å². The third-order valence-electron chi connectivity index (χ3n) is 2.77. The monoisotopic (exact) mass is 251 g/mol. The van der Waals surface area contributed by atoms with Gasteiger partial charge in [-0.1, -0.05) is 48.5 Å². The number of carbonyl (C=O) groups excluding carboxylic acids is 1. The predicted octanol–water partition coefficient (Wildman–Crippen LogP) is 3.07. The summed E-state index contributed by atoms with van der Waals surface area (Å²) in [6.07, 6.45) is 0.630. The quantitative estimate of drug-likeness (QED) is 0.767. The van der Waals surface area contributed by atoms with E-state index in [1.807, 2.05) is 42.5 Å². The van der Waals surface area contributed by atoms with Crippen molar-refractivity contribution in [2.75, 3.05) is 0 Å². The van der Waals surface area contributed by atoms with Gasteiger partial charge < -0.3 is 9.53 Å². The van der Waals surface area contributed by atoms with Crippen molar-refractivity contribution in [1.82, 2.24) is 0 Å². The van der Waals surface area contributed by atoms with Crippen molar-refractivity contribution < 1.29 is 9.53 Å². The van der Waals surface area contributed by atoms with Crippen LogP contribution in [0.3, 0.4) is 0 Å². The summed E-state index contributed by atoms with van der Waals surface area (Å²) in [7, 11) is 0. The van der Waals surface area contributed by atoms with E-state index in [-0.39, 0.29) is 0 Å². The number of ether oxygens (including phenoxy) is 1. The van der Waals surface area contributed by atoms with Crippen LogP contribution in [0, 0.1) is 11.3 Å². The van der Waals surface area contributed by atoms with Crippen LogP contribution in [0.5, 0.6) is 5.75 Å². The van der Waals surface area contributed by atoms with Gasteiger partial charge in [-0.15, -0.1) is 0 Å². The SMILES string of the molecule is N#CC(C=O)c1ccccc1OCc1ccccc1. The Labute approximate surface area is 112 Å². The van der Waals surface area contributed by atoms with Gasteiger partial charge in [-0.25, -0.2) is 0 Å². The third-order valence-corrected chi connectivity index (χ3v) is 2.77. The van der Waals surface area contributed by atoms with E-state index in [1.54, 1.807) is 18.2 Å². The van der Waals surface area contributed by atoms with E-state index in [9.17, 15) is 4.79 Å². The minimum Gasteiger partial charge on any atom is -0.489 e. The van der Waals surface area contributed by atoms with Crippen molar-refractivity contribution in [3.8, 4) is 11.8 Å². The van der Waals surface area contributed by atoms with Crippen molar-refractivity contribution in [3.63, 3.8) is 0 Å². The smallest absolute Gasteiger partial charge is 0.141 e. The van der Waals surface area contributed by atoms with Crippen LogP contribution in [0.25, 0.3) is 0 Å². The number of para-hydroxylation sites is 1. The second kappa shape index (κ2) is 6.36. The van der Waals surface area contributed by atoms with Gasteiger partial charge in [0.1, 0.15) is 24.6 Å². The summed E-state index contributed by atoms with van der Waals surface area (Å²) < 4.78 is 5.70. The summed E-state index contributed by atoms with van der Waals surface area (Å²) in [4.78, 5) is 10.9. The lowest BCUT2D eigenvalue weighted by Crippen LogP contribution is -2.03. The molecule has 0 spiro atoms. The number of carbonyl (C=O) groups is 1. The van der Waals surface area contributed by atoms with Crippen molar-refractivity contribution in [2.45, 2.75) is 12.5 Å². The molecule has 1 unspecified atom stereocenters. The molecule has 94 valence electrons. The number of nitriles is 1. The highest BCUT2D eigenvalue weighted by Crippen LogP contribution is 2.25. The highest BCUT2D eigenvalue weighted by Gasteiger charge is 2.14. The molecule has 3 heteroatoms. The van der Waals surface area contributed by atoms with E-state index in [0.29, 0.717) is 24.2 Å². The summed E-state index contributed by atoms with van der Waals surface area (Å²) >= 11 is 0. The summed E-state index contributed by atoms with van der Waals surface area (Å²) in [5.41, 5.74) is 1.65. The maximum atomic E-state index is 10.9. The Bertz CT molecular complexity index is 587. The fraction of sp³-hybridized carbons (Fsp3) is 0.125. The van der Waals surface area contributed by atoms with Crippen molar-refractivity contribution >= 4 is 6.29 Å². The molecule has 2 rings (SSSR count). The van der Waals surface area contributed by atoms with Crippen LogP contribution in [-0.4, -0.2) is 6.29 Å². The Morgan fingerprint density at radius 1 is 1.11 bits per heavy atom. The number of benzene rings is 2. The largest absolute Gasteiger partial charge is 0.489 e. The molecule has 0 fully saturated rings. The van der Waals surface area contributed by atoms with Crippen LogP contribution in [0.2, 0.25) is 0 Å². The van der Waals surface area contributed by atoms with Gasteiger partial charge in [0.25, 0.3) is 0 Å². The second-order valence-corrected chi connectivity index (χ2v) is 4.05. The fourth-order valence-corrected chi connectivity index (χ4v) is 1.78. The molecular formula is C16H13NO2. The molecule has 0 aliphatic carbocycles. The van der Waals surface area contributed by atoms with Crippen LogP contribution in [0.1, 0.15) is 17.0 Å². The molecule has 3 nitrogen and oxygen atoms in total. The summed E-state index contributed by atoms with van der Waals surface area (Å²) in [5, 5.41) is 8.95. The van der Waals surface area contributed by atoms with Crippen LogP contribution in [0.15, 0.2) is 54.6 Å². The molecule has 0 aliphatic heterocycles. The number of nitrogens with zero attached hydrogens (tertiary/aromatic N) is 1. The normalized spacial score (nSPS) is 11.3. The molecule has 2 aromatic carbocycles. The van der Waals surface area contributed by atoms with E-state index in [2.05, 4.69) is 0 Å². The van der Waals surface area contributed by atoms with Gasteiger partial charge in [-0.3, -0.25) is 0 Å². The Hall–Kier alpha value is -2.60. The van der Waals surface area contributed by atoms with E-state index in [0.717, 1.165) is 5.56 Å². The van der Waals surface area contributed by atoms with Crippen molar-refractivity contribution in [1.29, 1.82) is 5.26 Å². The lowest BCUT2D eigenvalue weighted by molar-refractivity contribution is -0.108. The molecule has 0 aliphatic rings. The fourth-order valence-electron chi connectivity index (χ4n) is 1.78. The zero-order chi connectivity index (χ0) is 13.5. The molecule has 0 amide bonds. The maximum absolute atomic E-state index is 10.9. The van der Waals surface area contributed by atoms with Gasteiger partial charge in [-0.05, 0) is 11.6 Å². The van der Waals surface area contributed by atoms with Gasteiger partial charge in [0, 0.05) is 5.56 Å². The summed E-state index contributed by atoms with van der Waals surface area (Å²) in [5.74, 6) is -0.211. The lowest BCUT2D eigenvalue weighted by atomic mass is 10.0. The van der Waals surface area contributed by atoms with Gasteiger partial charge in [-0.2, -0.15) is 5.26 Å². The second-order valence-electron chi connectivity index (χ2n) is 4.05. The first-order valence-electron chi connectivity index (χ1n) is 5.95. The van der Waals surface area contributed by atoms with Crippen LogP contribution in [-0.2, 0) is 11.4 Å². The number of aldehydes is 1. The zero-order valence-corrected chi connectivity index (χ0v) is 10.3. The Balaban J connectivity index is 2.17. The average molecular weight is 251 g/mol. The Kier molecular flexibility index (Phi) is 4.30. The molecule has 0 saturated heterocycles. The first-order chi connectivity index (χ1) is 9.35. The molecular weight excluding hydrogens is 238 g/mol. The maximum Gasteiger partial charge on any atom is 0.141 e. The molecule has 0 heterocycles. The van der Waals surface area contributed by atoms with E-state index in [4.69, 9.17) is 10.00 Å². The van der Waals surface area contributed by atoms with E-state index in [1.165, 1.54) is 0 Å². The van der Waals surface area contributed by atoms with Gasteiger partial charge in [0.15, 0.2) is 0 Å². The molecule has 19 heavy (non-hydrogen) atoms. The minimum atomic E-state index is -0.785. The van der Waals surface area contributed by atoms with E-state index < -0.39 is 5.92 Å². The van der Waals surface area contributed by atoms with Crippen LogP contribution < -0.4 is 4.74 Å². The van der Waals surface area contributed by atoms with Crippen molar-refractivity contribution in [2.24, 2.45) is 0 Å². The molecule has 0 N–H and O–H groups in total. The lowest BCUT2D eigenvalue weighted by Gasteiger charge is -2.12. The molecule has 0 aromatic heterocycles. The zero-order valence-electron chi connectivity index (χ0n) is 10.3. The first-order valence-corrected chi connectivity index (χ1v) is 5.95. The van der Waals surface area contributed by atoms with E-state index >= 15 is 0 Å². The minimum absolute atomic E-state index is 0.412. The number of hydrogen-bond donors (Lipinski definition) is 0. The number of hydrogen-bond acceptors (Lipinski definition) is 3. The third kappa shape index (κ3) is 3.20. The first kappa shape index (κ1) is 12.8. The topological polar surface area (TPSA) is 50.1 Å². The van der Waals surface area contributed by atoms with Crippen LogP contribution >= 0.6 is 0 Å². The van der Waals surface area contributed by atoms with Gasteiger partial charge in [0.05, 0.1) is 6.07 Å². The number of rotatable bonds is 5. The highest BCUT2D eigenvalue weighted by molar-refractivity contribution is 5.68.